The topological polar surface area (TPSA) is 24.9 Å². The molecule has 0 bridgehead atoms. The van der Waals surface area contributed by atoms with Crippen molar-refractivity contribution in [3.63, 3.8) is 0 Å². The third kappa shape index (κ3) is 5.20. The van der Waals surface area contributed by atoms with E-state index in [0.717, 1.165) is 45.2 Å². The summed E-state index contributed by atoms with van der Waals surface area (Å²) in [4.78, 5) is 5.01. The van der Waals surface area contributed by atoms with E-state index in [4.69, 9.17) is 9.47 Å². The van der Waals surface area contributed by atoms with Gasteiger partial charge in [0.2, 0.25) is 0 Å². The van der Waals surface area contributed by atoms with E-state index < -0.39 is 0 Å². The number of likely N-dealkylation sites (tertiary alicyclic amines) is 1. The fraction of sp³-hybridized carbons (Fsp3) is 1.00. The fourth-order valence-electron chi connectivity index (χ4n) is 3.33. The van der Waals surface area contributed by atoms with Crippen LogP contribution in [0.15, 0.2) is 0 Å². The van der Waals surface area contributed by atoms with Gasteiger partial charge in [0.15, 0.2) is 0 Å². The van der Waals surface area contributed by atoms with Gasteiger partial charge in [-0.05, 0) is 66.0 Å². The van der Waals surface area contributed by atoms with Gasteiger partial charge in [-0.2, -0.15) is 0 Å². The Kier molecular flexibility index (Phi) is 6.48. The molecule has 0 aromatic carbocycles. The van der Waals surface area contributed by atoms with Crippen LogP contribution < -0.4 is 0 Å². The standard InChI is InChI=1S/C17H34N2O2/c1-15(2)18-9-6-16(7-10-18)14-21-17(3,4)19-8-5-12-20-13-11-19/h15-16H,5-14H2,1-4H3. The first kappa shape index (κ1) is 17.2. The number of hydrogen-bond acceptors (Lipinski definition) is 4. The summed E-state index contributed by atoms with van der Waals surface area (Å²) in [7, 11) is 0. The molecule has 4 nitrogen and oxygen atoms in total. The van der Waals surface area contributed by atoms with Gasteiger partial charge in [-0.25, -0.2) is 0 Å². The zero-order chi connectivity index (χ0) is 15.3. The average Bonchev–Trinajstić information content (AvgIpc) is 2.75. The Morgan fingerprint density at radius 1 is 1.10 bits per heavy atom. The number of rotatable bonds is 5. The molecule has 2 rings (SSSR count). The number of piperidine rings is 1. The largest absolute Gasteiger partial charge is 0.380 e. The van der Waals surface area contributed by atoms with Crippen LogP contribution in [-0.2, 0) is 9.47 Å². The molecule has 2 saturated heterocycles. The molecule has 0 aliphatic carbocycles. The van der Waals surface area contributed by atoms with Crippen LogP contribution in [-0.4, -0.2) is 67.6 Å². The van der Waals surface area contributed by atoms with Crippen molar-refractivity contribution in [1.29, 1.82) is 0 Å². The molecule has 0 aromatic heterocycles. The molecule has 0 amide bonds. The van der Waals surface area contributed by atoms with E-state index >= 15 is 0 Å². The van der Waals surface area contributed by atoms with Gasteiger partial charge in [0, 0.05) is 25.7 Å². The Bertz CT molecular complexity index is 291. The molecule has 2 heterocycles. The summed E-state index contributed by atoms with van der Waals surface area (Å²) in [5.41, 5.74) is -0.164. The summed E-state index contributed by atoms with van der Waals surface area (Å²) in [6.45, 7) is 16.1. The molecule has 124 valence electrons. The van der Waals surface area contributed by atoms with Crippen molar-refractivity contribution in [2.45, 2.75) is 58.7 Å². The minimum absolute atomic E-state index is 0.164. The minimum Gasteiger partial charge on any atom is -0.380 e. The summed E-state index contributed by atoms with van der Waals surface area (Å²) >= 11 is 0. The van der Waals surface area contributed by atoms with Crippen LogP contribution in [0.2, 0.25) is 0 Å². The second-order valence-corrected chi connectivity index (χ2v) is 7.28. The van der Waals surface area contributed by atoms with Gasteiger partial charge in [-0.15, -0.1) is 0 Å². The summed E-state index contributed by atoms with van der Waals surface area (Å²) in [5.74, 6) is 0.725. The van der Waals surface area contributed by atoms with E-state index in [1.54, 1.807) is 0 Å². The summed E-state index contributed by atoms with van der Waals surface area (Å²) in [6, 6.07) is 0.681. The van der Waals surface area contributed by atoms with E-state index in [0.29, 0.717) is 6.04 Å². The molecule has 2 aliphatic rings. The number of nitrogens with zero attached hydrogens (tertiary/aromatic N) is 2. The van der Waals surface area contributed by atoms with Crippen LogP contribution in [0, 0.1) is 5.92 Å². The van der Waals surface area contributed by atoms with Crippen LogP contribution in [0.3, 0.4) is 0 Å². The highest BCUT2D eigenvalue weighted by molar-refractivity contribution is 4.77. The van der Waals surface area contributed by atoms with Crippen molar-refractivity contribution >= 4 is 0 Å². The predicted octanol–water partition coefficient (Wildman–Crippen LogP) is 2.58. The second-order valence-electron chi connectivity index (χ2n) is 7.28. The first-order valence-corrected chi connectivity index (χ1v) is 8.70. The van der Waals surface area contributed by atoms with Crippen molar-refractivity contribution < 1.29 is 9.47 Å². The van der Waals surface area contributed by atoms with Gasteiger partial charge in [-0.3, -0.25) is 4.90 Å². The monoisotopic (exact) mass is 298 g/mol. The molecular formula is C17H34N2O2. The molecule has 0 spiro atoms. The summed E-state index contributed by atoms with van der Waals surface area (Å²) in [6.07, 6.45) is 3.66. The molecular weight excluding hydrogens is 264 g/mol. The van der Waals surface area contributed by atoms with Gasteiger partial charge in [0.05, 0.1) is 13.2 Å². The molecule has 0 radical (unpaired) electrons. The van der Waals surface area contributed by atoms with Crippen LogP contribution in [0.5, 0.6) is 0 Å². The van der Waals surface area contributed by atoms with E-state index in [1.807, 2.05) is 0 Å². The van der Waals surface area contributed by atoms with Gasteiger partial charge >= 0.3 is 0 Å². The minimum atomic E-state index is -0.164. The Morgan fingerprint density at radius 2 is 1.81 bits per heavy atom. The molecule has 0 saturated carbocycles. The SMILES string of the molecule is CC(C)N1CCC(COC(C)(C)N2CCCOCC2)CC1. The maximum atomic E-state index is 6.31. The van der Waals surface area contributed by atoms with Crippen LogP contribution in [0.1, 0.15) is 47.0 Å². The maximum absolute atomic E-state index is 6.31. The molecule has 2 aliphatic heterocycles. The van der Waals surface area contributed by atoms with Gasteiger partial charge < -0.3 is 14.4 Å². The van der Waals surface area contributed by atoms with E-state index in [-0.39, 0.29) is 5.72 Å². The number of ether oxygens (including phenoxy) is 2. The molecule has 0 aromatic rings. The van der Waals surface area contributed by atoms with Gasteiger partial charge in [0.25, 0.3) is 0 Å². The summed E-state index contributed by atoms with van der Waals surface area (Å²) in [5, 5.41) is 0. The van der Waals surface area contributed by atoms with Crippen LogP contribution in [0.4, 0.5) is 0 Å². The lowest BCUT2D eigenvalue weighted by molar-refractivity contribution is -0.143. The van der Waals surface area contributed by atoms with Gasteiger partial charge in [0.1, 0.15) is 5.72 Å². The van der Waals surface area contributed by atoms with Crippen molar-refractivity contribution in [3.8, 4) is 0 Å². The Labute approximate surface area is 130 Å². The van der Waals surface area contributed by atoms with Crippen molar-refractivity contribution in [2.24, 2.45) is 5.92 Å². The zero-order valence-corrected chi connectivity index (χ0v) is 14.4. The fourth-order valence-corrected chi connectivity index (χ4v) is 3.33. The maximum Gasteiger partial charge on any atom is 0.116 e. The lowest BCUT2D eigenvalue weighted by atomic mass is 9.97. The lowest BCUT2D eigenvalue weighted by Gasteiger charge is -2.40. The van der Waals surface area contributed by atoms with Crippen molar-refractivity contribution in [1.82, 2.24) is 9.80 Å². The normalized spacial score (nSPS) is 24.4. The molecule has 0 unspecified atom stereocenters. The van der Waals surface area contributed by atoms with Crippen molar-refractivity contribution in [3.05, 3.63) is 0 Å². The average molecular weight is 298 g/mol. The van der Waals surface area contributed by atoms with Gasteiger partial charge in [-0.1, -0.05) is 0 Å². The quantitative estimate of drug-likeness (QED) is 0.779. The Hall–Kier alpha value is -0.160. The second kappa shape index (κ2) is 7.91. The molecule has 0 atom stereocenters. The van der Waals surface area contributed by atoms with Crippen LogP contribution >= 0.6 is 0 Å². The van der Waals surface area contributed by atoms with E-state index in [1.165, 1.54) is 25.9 Å². The molecule has 4 heteroatoms. The molecule has 0 N–H and O–H groups in total. The Morgan fingerprint density at radius 3 is 2.48 bits per heavy atom. The first-order chi connectivity index (χ1) is 9.99. The molecule has 2 fully saturated rings. The third-order valence-corrected chi connectivity index (χ3v) is 5.04. The smallest absolute Gasteiger partial charge is 0.116 e. The van der Waals surface area contributed by atoms with Crippen LogP contribution in [0.25, 0.3) is 0 Å². The highest BCUT2D eigenvalue weighted by Crippen LogP contribution is 2.24. The van der Waals surface area contributed by atoms with E-state index in [2.05, 4.69) is 37.5 Å². The molecule has 21 heavy (non-hydrogen) atoms. The Balaban J connectivity index is 1.74. The van der Waals surface area contributed by atoms with E-state index in [9.17, 15) is 0 Å². The summed E-state index contributed by atoms with van der Waals surface area (Å²) < 4.78 is 11.9. The first-order valence-electron chi connectivity index (χ1n) is 8.70. The highest BCUT2D eigenvalue weighted by atomic mass is 16.5. The van der Waals surface area contributed by atoms with Crippen molar-refractivity contribution in [2.75, 3.05) is 46.0 Å². The predicted molar refractivity (Wildman–Crippen MR) is 86.5 cm³/mol. The highest BCUT2D eigenvalue weighted by Gasteiger charge is 2.30. The zero-order valence-electron chi connectivity index (χ0n) is 14.4. The number of hydrogen-bond donors (Lipinski definition) is 0. The third-order valence-electron chi connectivity index (χ3n) is 5.04. The lowest BCUT2D eigenvalue weighted by Crippen LogP contribution is -2.48.